The van der Waals surface area contributed by atoms with Gasteiger partial charge in [0.05, 0.1) is 6.42 Å². The van der Waals surface area contributed by atoms with Gasteiger partial charge in [0.15, 0.2) is 5.94 Å². The average Bonchev–Trinajstić information content (AvgIpc) is 1.85. The van der Waals surface area contributed by atoms with E-state index in [0.29, 0.717) is 0 Å². The number of carbonyl (C=O) groups is 1. The van der Waals surface area contributed by atoms with Crippen molar-refractivity contribution in [2.45, 2.75) is 6.42 Å². The monoisotopic (exact) mass is 190 g/mol. The Labute approximate surface area is 90.7 Å². The zero-order chi connectivity index (χ0) is 7.98. The van der Waals surface area contributed by atoms with Crippen molar-refractivity contribution in [3.63, 3.8) is 0 Å². The predicted molar refractivity (Wildman–Crippen MR) is 34.7 cm³/mol. The summed E-state index contributed by atoms with van der Waals surface area (Å²) in [7, 11) is 0. The molecule has 62 valence electrons. The molecule has 0 aromatic heterocycles. The standard InChI is InChI=1S/C4H9NO4S.Na.H/c5-2-1-4(6)9-3-10(7)8;;/h1-3,5H2,(H,7,8);;/q;+1;-1/p-1. The van der Waals surface area contributed by atoms with E-state index in [-0.39, 0.29) is 43.9 Å². The minimum absolute atomic E-state index is 0. The van der Waals surface area contributed by atoms with Crippen LogP contribution in [0, 0.1) is 0 Å². The number of ether oxygens (including phenoxy) is 1. The first-order valence-electron chi connectivity index (χ1n) is 2.58. The molecule has 0 saturated heterocycles. The Kier molecular flexibility index (Phi) is 11.1. The zero-order valence-corrected chi connectivity index (χ0v) is 9.06. The summed E-state index contributed by atoms with van der Waals surface area (Å²) in [4.78, 5) is 10.4. The van der Waals surface area contributed by atoms with Gasteiger partial charge in [0.2, 0.25) is 0 Å². The van der Waals surface area contributed by atoms with E-state index in [2.05, 4.69) is 4.74 Å². The molecule has 1 atom stereocenters. The second kappa shape index (κ2) is 8.63. The van der Waals surface area contributed by atoms with E-state index >= 15 is 0 Å². The zero-order valence-electron chi connectivity index (χ0n) is 7.24. The molecule has 0 aliphatic heterocycles. The molecule has 2 N–H and O–H groups in total. The molecular weight excluding hydrogens is 181 g/mol. The van der Waals surface area contributed by atoms with E-state index in [0.717, 1.165) is 0 Å². The number of rotatable bonds is 4. The third kappa shape index (κ3) is 10.5. The summed E-state index contributed by atoms with van der Waals surface area (Å²) in [6.07, 6.45) is 0.0528. The van der Waals surface area contributed by atoms with Gasteiger partial charge in [-0.15, -0.1) is 0 Å². The van der Waals surface area contributed by atoms with Crippen molar-refractivity contribution in [1.82, 2.24) is 0 Å². The fourth-order valence-corrected chi connectivity index (χ4v) is 0.532. The third-order valence-electron chi connectivity index (χ3n) is 0.665. The van der Waals surface area contributed by atoms with Crippen LogP contribution in [0.3, 0.4) is 0 Å². The Balaban J connectivity index is -0.000000405. The van der Waals surface area contributed by atoms with Crippen LogP contribution in [-0.2, 0) is 20.6 Å². The SMILES string of the molecule is NCCC(=O)OCS(=O)[O-].[H-].[Na+]. The smallest absolute Gasteiger partial charge is 1.00 e. The van der Waals surface area contributed by atoms with Crippen molar-refractivity contribution in [2.75, 3.05) is 12.5 Å². The Bertz CT molecular complexity index is 147. The van der Waals surface area contributed by atoms with Gasteiger partial charge in [0.1, 0.15) is 0 Å². The minimum Gasteiger partial charge on any atom is -1.00 e. The van der Waals surface area contributed by atoms with Gasteiger partial charge in [-0.3, -0.25) is 9.00 Å². The summed E-state index contributed by atoms with van der Waals surface area (Å²) >= 11 is -2.32. The molecule has 0 aromatic rings. The first-order chi connectivity index (χ1) is 4.66. The molecule has 0 fully saturated rings. The van der Waals surface area contributed by atoms with Gasteiger partial charge >= 0.3 is 35.5 Å². The molecule has 0 aromatic carbocycles. The second-order valence-corrected chi connectivity index (χ2v) is 2.32. The largest absolute Gasteiger partial charge is 1.00 e. The van der Waals surface area contributed by atoms with Gasteiger partial charge in [-0.2, -0.15) is 0 Å². The van der Waals surface area contributed by atoms with E-state index in [1.165, 1.54) is 0 Å². The summed E-state index contributed by atoms with van der Waals surface area (Å²) in [6, 6.07) is 0. The number of nitrogens with two attached hydrogens (primary N) is 1. The van der Waals surface area contributed by atoms with Crippen molar-refractivity contribution in [3.8, 4) is 0 Å². The van der Waals surface area contributed by atoms with Crippen LogP contribution in [0.25, 0.3) is 0 Å². The van der Waals surface area contributed by atoms with Crippen LogP contribution >= 0.6 is 0 Å². The molecule has 0 saturated carbocycles. The van der Waals surface area contributed by atoms with Crippen LogP contribution in [0.2, 0.25) is 0 Å². The molecule has 0 aliphatic rings. The molecule has 0 aliphatic carbocycles. The molecular formula is C4H9NNaO4S-. The quantitative estimate of drug-likeness (QED) is 0.276. The molecule has 0 amide bonds. The van der Waals surface area contributed by atoms with Gasteiger partial charge < -0.3 is 16.4 Å². The van der Waals surface area contributed by atoms with Crippen LogP contribution in [0.5, 0.6) is 0 Å². The van der Waals surface area contributed by atoms with Crippen LogP contribution in [-0.4, -0.2) is 27.2 Å². The summed E-state index contributed by atoms with van der Waals surface area (Å²) in [5, 5.41) is 0. The Hall–Kier alpha value is 0.540. The van der Waals surface area contributed by atoms with E-state index < -0.39 is 23.0 Å². The fraction of sp³-hybridized carbons (Fsp3) is 0.750. The van der Waals surface area contributed by atoms with Gasteiger partial charge in [-0.25, -0.2) is 0 Å². The van der Waals surface area contributed by atoms with Gasteiger partial charge in [0.25, 0.3) is 0 Å². The summed E-state index contributed by atoms with van der Waals surface area (Å²) in [5.74, 6) is -1.18. The maximum atomic E-state index is 10.4. The van der Waals surface area contributed by atoms with Gasteiger partial charge in [0, 0.05) is 6.54 Å². The van der Waals surface area contributed by atoms with Crippen molar-refractivity contribution in [1.29, 1.82) is 0 Å². The van der Waals surface area contributed by atoms with Crippen LogP contribution < -0.4 is 35.3 Å². The molecule has 1 unspecified atom stereocenters. The van der Waals surface area contributed by atoms with Crippen molar-refractivity contribution >= 4 is 17.0 Å². The first kappa shape index (κ1) is 14.1. The average molecular weight is 190 g/mol. The maximum Gasteiger partial charge on any atom is 1.00 e. The summed E-state index contributed by atoms with van der Waals surface area (Å²) in [5.41, 5.74) is 4.98. The Morgan fingerprint density at radius 1 is 1.73 bits per heavy atom. The molecule has 0 radical (unpaired) electrons. The molecule has 0 rings (SSSR count). The predicted octanol–water partition coefficient (Wildman–Crippen LogP) is -4.17. The van der Waals surface area contributed by atoms with Crippen LogP contribution in [0.15, 0.2) is 0 Å². The second-order valence-electron chi connectivity index (χ2n) is 1.48. The van der Waals surface area contributed by atoms with Crippen LogP contribution in [0.1, 0.15) is 7.85 Å². The number of esters is 1. The Morgan fingerprint density at radius 2 is 2.27 bits per heavy atom. The third-order valence-corrected chi connectivity index (χ3v) is 0.975. The Morgan fingerprint density at radius 3 is 2.64 bits per heavy atom. The van der Waals surface area contributed by atoms with Crippen molar-refractivity contribution in [2.24, 2.45) is 5.73 Å². The molecule has 0 bridgehead atoms. The normalized spacial score (nSPS) is 11.5. The summed E-state index contributed by atoms with van der Waals surface area (Å²) < 4.78 is 23.8. The van der Waals surface area contributed by atoms with Gasteiger partial charge in [-0.05, 0) is 11.1 Å². The molecule has 5 nitrogen and oxygen atoms in total. The fourth-order valence-electron chi connectivity index (χ4n) is 0.304. The van der Waals surface area contributed by atoms with Crippen molar-refractivity contribution in [3.05, 3.63) is 0 Å². The van der Waals surface area contributed by atoms with Gasteiger partial charge in [-0.1, -0.05) is 0 Å². The summed E-state index contributed by atoms with van der Waals surface area (Å²) in [6.45, 7) is 0.171. The van der Waals surface area contributed by atoms with Crippen molar-refractivity contribution < 1.29 is 49.3 Å². The molecule has 0 spiro atoms. The van der Waals surface area contributed by atoms with E-state index in [4.69, 9.17) is 5.73 Å². The number of hydrogen-bond donors (Lipinski definition) is 1. The molecule has 7 heteroatoms. The van der Waals surface area contributed by atoms with E-state index in [1.54, 1.807) is 0 Å². The maximum absolute atomic E-state index is 10.4. The van der Waals surface area contributed by atoms with E-state index in [9.17, 15) is 13.6 Å². The number of carbonyl (C=O) groups excluding carboxylic acids is 1. The van der Waals surface area contributed by atoms with Crippen LogP contribution in [0.4, 0.5) is 0 Å². The molecule has 0 heterocycles. The number of hydrogen-bond acceptors (Lipinski definition) is 5. The topological polar surface area (TPSA) is 92.5 Å². The first-order valence-corrected chi connectivity index (χ1v) is 3.82. The van der Waals surface area contributed by atoms with E-state index in [1.807, 2.05) is 0 Å². The molecule has 11 heavy (non-hydrogen) atoms. The minimum atomic E-state index is -2.32.